The molecule has 3 N–H and O–H groups in total. The van der Waals surface area contributed by atoms with E-state index in [1.807, 2.05) is 0 Å². The molecule has 0 aromatic heterocycles. The normalized spacial score (nSPS) is 18.6. The van der Waals surface area contributed by atoms with Crippen LogP contribution in [0.5, 0.6) is 5.75 Å². The number of phenols is 1. The zero-order chi connectivity index (χ0) is 19.1. The lowest BCUT2D eigenvalue weighted by Gasteiger charge is -2.33. The van der Waals surface area contributed by atoms with Crippen molar-refractivity contribution in [3.8, 4) is 5.75 Å². The van der Waals surface area contributed by atoms with E-state index in [2.05, 4.69) is 22.5 Å². The first-order valence-electron chi connectivity index (χ1n) is 10.2. The van der Waals surface area contributed by atoms with Crippen LogP contribution >= 0.6 is 24.0 Å². The van der Waals surface area contributed by atoms with Crippen molar-refractivity contribution in [1.82, 2.24) is 15.5 Å². The molecule has 0 atom stereocenters. The van der Waals surface area contributed by atoms with Gasteiger partial charge in [-0.25, -0.2) is 0 Å². The minimum atomic E-state index is -0.141. The van der Waals surface area contributed by atoms with Crippen molar-refractivity contribution in [3.63, 3.8) is 0 Å². The third-order valence-electron chi connectivity index (χ3n) is 5.78. The number of halogens is 1. The number of hydrogen-bond acceptors (Lipinski definition) is 3. The van der Waals surface area contributed by atoms with Crippen LogP contribution in [0.2, 0.25) is 0 Å². The fourth-order valence-electron chi connectivity index (χ4n) is 4.30. The van der Waals surface area contributed by atoms with Crippen molar-refractivity contribution in [2.24, 2.45) is 10.4 Å². The van der Waals surface area contributed by atoms with Gasteiger partial charge in [0.05, 0.1) is 6.54 Å². The molecule has 0 unspecified atom stereocenters. The van der Waals surface area contributed by atoms with E-state index in [-0.39, 0.29) is 35.6 Å². The first-order valence-corrected chi connectivity index (χ1v) is 10.2. The molecule has 156 valence electrons. The Kier molecular flexibility index (Phi) is 8.85. The fourth-order valence-corrected chi connectivity index (χ4v) is 4.30. The van der Waals surface area contributed by atoms with Gasteiger partial charge in [-0.2, -0.15) is 0 Å². The maximum Gasteiger partial charge on any atom is 0.251 e. The predicted octanol–water partition coefficient (Wildman–Crippen LogP) is 3.36. The van der Waals surface area contributed by atoms with Crippen LogP contribution in [-0.4, -0.2) is 54.6 Å². The molecule has 0 radical (unpaired) electrons. The predicted molar refractivity (Wildman–Crippen MR) is 124 cm³/mol. The van der Waals surface area contributed by atoms with Crippen LogP contribution in [0.15, 0.2) is 29.3 Å². The second-order valence-electron chi connectivity index (χ2n) is 7.77. The molecule has 1 aromatic carbocycles. The lowest BCUT2D eigenvalue weighted by atomic mass is 9.73. The average Bonchev–Trinajstić information content (AvgIpc) is 3.08. The highest BCUT2D eigenvalue weighted by atomic mass is 127. The quantitative estimate of drug-likeness (QED) is 0.251. The van der Waals surface area contributed by atoms with Gasteiger partial charge in [-0.05, 0) is 55.9 Å². The van der Waals surface area contributed by atoms with E-state index >= 15 is 0 Å². The van der Waals surface area contributed by atoms with Gasteiger partial charge in [0.2, 0.25) is 0 Å². The van der Waals surface area contributed by atoms with Gasteiger partial charge < -0.3 is 20.6 Å². The number of nitrogens with zero attached hydrogens (tertiary/aromatic N) is 2. The van der Waals surface area contributed by atoms with E-state index in [0.717, 1.165) is 25.6 Å². The van der Waals surface area contributed by atoms with E-state index in [9.17, 15) is 9.90 Å². The lowest BCUT2D eigenvalue weighted by Crippen LogP contribution is -2.42. The summed E-state index contributed by atoms with van der Waals surface area (Å²) in [5.41, 5.74) is 1.05. The Morgan fingerprint density at radius 3 is 2.54 bits per heavy atom. The van der Waals surface area contributed by atoms with Crippen molar-refractivity contribution in [2.75, 3.05) is 32.7 Å². The second-order valence-corrected chi connectivity index (χ2v) is 7.77. The van der Waals surface area contributed by atoms with Crippen LogP contribution in [0.4, 0.5) is 0 Å². The van der Waals surface area contributed by atoms with Gasteiger partial charge in [-0.15, -0.1) is 24.0 Å². The standard InChI is InChI=1S/C21H32N4O2.HI/c1-2-22-20(25-15-12-21(16-25)10-4-3-5-11-21)24-14-13-23-19(27)17-6-8-18(26)9-7-17;/h6-9,26H,2-5,10-16H2,1H3,(H,22,24)(H,23,27);1H. The fraction of sp³-hybridized carbons (Fsp3) is 0.619. The Bertz CT molecular complexity index is 657. The highest BCUT2D eigenvalue weighted by Gasteiger charge is 2.39. The summed E-state index contributed by atoms with van der Waals surface area (Å²) in [6.07, 6.45) is 8.10. The number of rotatable bonds is 5. The largest absolute Gasteiger partial charge is 0.508 e. The van der Waals surface area contributed by atoms with Gasteiger partial charge in [0.25, 0.3) is 5.91 Å². The minimum Gasteiger partial charge on any atom is -0.508 e. The number of carbonyl (C=O) groups is 1. The van der Waals surface area contributed by atoms with Crippen molar-refractivity contribution in [3.05, 3.63) is 29.8 Å². The third-order valence-corrected chi connectivity index (χ3v) is 5.78. The van der Waals surface area contributed by atoms with Crippen molar-refractivity contribution < 1.29 is 9.90 Å². The Labute approximate surface area is 185 Å². The molecule has 2 fully saturated rings. The van der Waals surface area contributed by atoms with Crippen LogP contribution in [0, 0.1) is 5.41 Å². The molecule has 1 spiro atoms. The molecule has 2 aliphatic rings. The number of likely N-dealkylation sites (tertiary alicyclic amines) is 1. The topological polar surface area (TPSA) is 77.0 Å². The summed E-state index contributed by atoms with van der Waals surface area (Å²) >= 11 is 0. The van der Waals surface area contributed by atoms with Gasteiger partial charge in [0.1, 0.15) is 5.75 Å². The summed E-state index contributed by atoms with van der Waals surface area (Å²) in [5, 5.41) is 15.6. The molecule has 0 bridgehead atoms. The summed E-state index contributed by atoms with van der Waals surface area (Å²) in [6.45, 7) is 6.17. The number of benzene rings is 1. The maximum absolute atomic E-state index is 12.1. The Balaban J connectivity index is 0.00000280. The van der Waals surface area contributed by atoms with Gasteiger partial charge in [-0.3, -0.25) is 9.79 Å². The van der Waals surface area contributed by atoms with Gasteiger partial charge in [0, 0.05) is 31.7 Å². The SMILES string of the molecule is CCNC(=NCCNC(=O)c1ccc(O)cc1)N1CCC2(CCCCC2)C1.I. The number of aliphatic imine (C=N–C) groups is 1. The van der Waals surface area contributed by atoms with Crippen LogP contribution in [0.1, 0.15) is 55.8 Å². The molecule has 1 aliphatic heterocycles. The molecule has 6 nitrogen and oxygen atoms in total. The van der Waals surface area contributed by atoms with Crippen LogP contribution in [0.25, 0.3) is 0 Å². The number of phenolic OH excluding ortho intramolecular Hbond substituents is 1. The number of amides is 1. The number of nitrogens with one attached hydrogen (secondary N) is 2. The minimum absolute atomic E-state index is 0. The molecule has 1 aromatic rings. The van der Waals surface area contributed by atoms with E-state index < -0.39 is 0 Å². The van der Waals surface area contributed by atoms with Crippen molar-refractivity contribution >= 4 is 35.8 Å². The molecule has 1 heterocycles. The Morgan fingerprint density at radius 2 is 1.86 bits per heavy atom. The van der Waals surface area contributed by atoms with E-state index in [0.29, 0.717) is 24.1 Å². The number of guanidine groups is 1. The number of carbonyl (C=O) groups excluding carboxylic acids is 1. The lowest BCUT2D eigenvalue weighted by molar-refractivity contribution is 0.0955. The summed E-state index contributed by atoms with van der Waals surface area (Å²) in [4.78, 5) is 19.2. The van der Waals surface area contributed by atoms with Crippen molar-refractivity contribution in [2.45, 2.75) is 45.4 Å². The zero-order valence-electron chi connectivity index (χ0n) is 16.7. The molecule has 3 rings (SSSR count). The maximum atomic E-state index is 12.1. The summed E-state index contributed by atoms with van der Waals surface area (Å²) in [6, 6.07) is 6.27. The third kappa shape index (κ3) is 5.99. The molecule has 1 saturated heterocycles. The van der Waals surface area contributed by atoms with Crippen LogP contribution < -0.4 is 10.6 Å². The molecular formula is C21H33IN4O2. The van der Waals surface area contributed by atoms with Gasteiger partial charge >= 0.3 is 0 Å². The van der Waals surface area contributed by atoms with E-state index in [1.165, 1.54) is 50.7 Å². The van der Waals surface area contributed by atoms with E-state index in [4.69, 9.17) is 4.99 Å². The Hall–Kier alpha value is -1.51. The Morgan fingerprint density at radius 1 is 1.14 bits per heavy atom. The highest BCUT2D eigenvalue weighted by molar-refractivity contribution is 14.0. The second kappa shape index (κ2) is 10.9. The molecular weight excluding hydrogens is 467 g/mol. The number of aromatic hydroxyl groups is 1. The summed E-state index contributed by atoms with van der Waals surface area (Å²) in [7, 11) is 0. The first kappa shape index (κ1) is 22.8. The molecule has 1 saturated carbocycles. The molecule has 28 heavy (non-hydrogen) atoms. The highest BCUT2D eigenvalue weighted by Crippen LogP contribution is 2.43. The van der Waals surface area contributed by atoms with Crippen LogP contribution in [0.3, 0.4) is 0 Å². The number of hydrogen-bond donors (Lipinski definition) is 3. The molecule has 7 heteroatoms. The molecule has 1 aliphatic carbocycles. The summed E-state index contributed by atoms with van der Waals surface area (Å²) < 4.78 is 0. The van der Waals surface area contributed by atoms with Gasteiger partial charge in [0.15, 0.2) is 5.96 Å². The van der Waals surface area contributed by atoms with E-state index in [1.54, 1.807) is 12.1 Å². The molecule has 1 amide bonds. The smallest absolute Gasteiger partial charge is 0.251 e. The first-order chi connectivity index (χ1) is 13.1. The zero-order valence-corrected chi connectivity index (χ0v) is 19.1. The van der Waals surface area contributed by atoms with Crippen LogP contribution in [-0.2, 0) is 0 Å². The van der Waals surface area contributed by atoms with Crippen molar-refractivity contribution in [1.29, 1.82) is 0 Å². The van der Waals surface area contributed by atoms with Gasteiger partial charge in [-0.1, -0.05) is 19.3 Å². The monoisotopic (exact) mass is 500 g/mol. The summed E-state index contributed by atoms with van der Waals surface area (Å²) in [5.74, 6) is 0.990. The average molecular weight is 500 g/mol.